The van der Waals surface area contributed by atoms with Crippen LogP contribution < -0.4 is 21.7 Å². The average Bonchev–Trinajstić information content (AvgIpc) is 2.67. The van der Waals surface area contributed by atoms with Crippen molar-refractivity contribution in [3.8, 4) is 0 Å². The average molecular weight is 417 g/mol. The lowest BCUT2D eigenvalue weighted by atomic mass is 9.90. The van der Waals surface area contributed by atoms with E-state index in [-0.39, 0.29) is 36.3 Å². The van der Waals surface area contributed by atoms with Crippen LogP contribution in [0.2, 0.25) is 0 Å². The molecule has 0 aromatic heterocycles. The number of hydrogen-bond donors (Lipinski definition) is 4. The van der Waals surface area contributed by atoms with Crippen LogP contribution in [0.4, 0.5) is 21.9 Å². The minimum Gasteiger partial charge on any atom is -0.327 e. The van der Waals surface area contributed by atoms with Crippen LogP contribution in [0, 0.1) is 5.92 Å². The van der Waals surface area contributed by atoms with Crippen LogP contribution in [-0.2, 0) is 17.6 Å². The van der Waals surface area contributed by atoms with Gasteiger partial charge in [0.15, 0.2) is 0 Å². The molecule has 0 radical (unpaired) electrons. The van der Waals surface area contributed by atoms with E-state index in [1.165, 1.54) is 17.5 Å². The Labute approximate surface area is 178 Å². The Bertz CT molecular complexity index is 870. The van der Waals surface area contributed by atoms with E-state index in [4.69, 9.17) is 5.73 Å². The molecule has 1 aliphatic carbocycles. The Balaban J connectivity index is 0.00000300. The largest absolute Gasteiger partial charge is 0.327 e. The summed E-state index contributed by atoms with van der Waals surface area (Å²) in [6.45, 7) is 3.59. The minimum absolute atomic E-state index is 0. The van der Waals surface area contributed by atoms with Gasteiger partial charge in [-0.3, -0.25) is 4.79 Å². The van der Waals surface area contributed by atoms with Gasteiger partial charge in [-0.2, -0.15) is 0 Å². The van der Waals surface area contributed by atoms with Gasteiger partial charge in [-0.05, 0) is 68.0 Å². The Morgan fingerprint density at radius 1 is 0.931 bits per heavy atom. The van der Waals surface area contributed by atoms with Gasteiger partial charge in [0.05, 0.1) is 5.92 Å². The number of benzene rings is 2. The zero-order valence-corrected chi connectivity index (χ0v) is 17.6. The number of rotatable bonds is 5. The molecular formula is C22H29ClN4O2. The molecule has 3 rings (SSSR count). The molecule has 0 saturated carbocycles. The SMILES string of the molecule is CC(N)C(C)C(=O)Nc1cccc(NC(=O)Nc2cccc3c2CCCC3)c1.Cl. The summed E-state index contributed by atoms with van der Waals surface area (Å²) >= 11 is 0. The molecule has 0 aliphatic heterocycles. The van der Waals surface area contributed by atoms with E-state index in [2.05, 4.69) is 22.0 Å². The summed E-state index contributed by atoms with van der Waals surface area (Å²) in [6.07, 6.45) is 4.40. The molecule has 29 heavy (non-hydrogen) atoms. The maximum absolute atomic E-state index is 12.5. The molecule has 0 spiro atoms. The van der Waals surface area contributed by atoms with Gasteiger partial charge < -0.3 is 21.7 Å². The number of carbonyl (C=O) groups excluding carboxylic acids is 2. The summed E-state index contributed by atoms with van der Waals surface area (Å²) in [4.78, 5) is 24.6. The molecular weight excluding hydrogens is 388 g/mol. The summed E-state index contributed by atoms with van der Waals surface area (Å²) in [7, 11) is 0. The summed E-state index contributed by atoms with van der Waals surface area (Å²) in [5.41, 5.74) is 10.4. The summed E-state index contributed by atoms with van der Waals surface area (Å²) in [5, 5.41) is 8.63. The Morgan fingerprint density at radius 2 is 1.59 bits per heavy atom. The van der Waals surface area contributed by atoms with Gasteiger partial charge in [0.25, 0.3) is 0 Å². The van der Waals surface area contributed by atoms with Gasteiger partial charge >= 0.3 is 6.03 Å². The second kappa shape index (κ2) is 10.3. The molecule has 3 amide bonds. The molecule has 0 bridgehead atoms. The van der Waals surface area contributed by atoms with Crippen molar-refractivity contribution in [1.29, 1.82) is 0 Å². The topological polar surface area (TPSA) is 96.2 Å². The first-order chi connectivity index (χ1) is 13.4. The van der Waals surface area contributed by atoms with E-state index >= 15 is 0 Å². The van der Waals surface area contributed by atoms with Gasteiger partial charge in [0.2, 0.25) is 5.91 Å². The number of nitrogens with one attached hydrogen (secondary N) is 3. The molecule has 1 aliphatic rings. The normalized spacial score (nSPS) is 14.6. The fourth-order valence-electron chi connectivity index (χ4n) is 3.35. The van der Waals surface area contributed by atoms with Gasteiger partial charge in [-0.25, -0.2) is 4.79 Å². The number of carbonyl (C=O) groups is 2. The smallest absolute Gasteiger partial charge is 0.323 e. The predicted octanol–water partition coefficient (Wildman–Crippen LogP) is 4.55. The third kappa shape index (κ3) is 5.95. The number of anilines is 3. The van der Waals surface area contributed by atoms with Crippen LogP contribution in [0.25, 0.3) is 0 Å². The molecule has 156 valence electrons. The van der Waals surface area contributed by atoms with Crippen molar-refractivity contribution >= 4 is 41.4 Å². The molecule has 2 aromatic rings. The monoisotopic (exact) mass is 416 g/mol. The van der Waals surface area contributed by atoms with Gasteiger partial charge in [-0.15, -0.1) is 12.4 Å². The van der Waals surface area contributed by atoms with Crippen molar-refractivity contribution in [2.75, 3.05) is 16.0 Å². The maximum Gasteiger partial charge on any atom is 0.323 e. The Hall–Kier alpha value is -2.57. The van der Waals surface area contributed by atoms with Crippen LogP contribution in [0.15, 0.2) is 42.5 Å². The summed E-state index contributed by atoms with van der Waals surface area (Å²) in [6, 6.07) is 12.6. The first-order valence-corrected chi connectivity index (χ1v) is 9.79. The second-order valence-corrected chi connectivity index (χ2v) is 7.45. The van der Waals surface area contributed by atoms with Crippen LogP contribution in [0.1, 0.15) is 37.8 Å². The summed E-state index contributed by atoms with van der Waals surface area (Å²) < 4.78 is 0. The highest BCUT2D eigenvalue weighted by molar-refractivity contribution is 6.01. The fraction of sp³-hybridized carbons (Fsp3) is 0.364. The quantitative estimate of drug-likeness (QED) is 0.575. The van der Waals surface area contributed by atoms with E-state index in [9.17, 15) is 9.59 Å². The van der Waals surface area contributed by atoms with E-state index in [0.29, 0.717) is 11.4 Å². The lowest BCUT2D eigenvalue weighted by Crippen LogP contribution is -2.34. The van der Waals surface area contributed by atoms with Gasteiger partial charge in [0.1, 0.15) is 0 Å². The third-order valence-electron chi connectivity index (χ3n) is 5.23. The predicted molar refractivity (Wildman–Crippen MR) is 121 cm³/mol. The second-order valence-electron chi connectivity index (χ2n) is 7.45. The van der Waals surface area contributed by atoms with Crippen LogP contribution in [-0.4, -0.2) is 18.0 Å². The van der Waals surface area contributed by atoms with Crippen molar-refractivity contribution in [3.63, 3.8) is 0 Å². The Morgan fingerprint density at radius 3 is 2.31 bits per heavy atom. The molecule has 2 atom stereocenters. The molecule has 0 fully saturated rings. The first-order valence-electron chi connectivity index (χ1n) is 9.79. The van der Waals surface area contributed by atoms with Crippen LogP contribution in [0.3, 0.4) is 0 Å². The number of hydrogen-bond acceptors (Lipinski definition) is 3. The first kappa shape index (κ1) is 22.7. The van der Waals surface area contributed by atoms with Gasteiger partial charge in [-0.1, -0.05) is 25.1 Å². The van der Waals surface area contributed by atoms with Crippen molar-refractivity contribution in [1.82, 2.24) is 0 Å². The molecule has 6 nitrogen and oxygen atoms in total. The van der Waals surface area contributed by atoms with Crippen molar-refractivity contribution in [2.45, 2.75) is 45.6 Å². The van der Waals surface area contributed by atoms with E-state index in [1.807, 2.05) is 12.1 Å². The number of urea groups is 1. The van der Waals surface area contributed by atoms with E-state index in [0.717, 1.165) is 24.9 Å². The maximum atomic E-state index is 12.5. The number of nitrogens with two attached hydrogens (primary N) is 1. The molecule has 2 unspecified atom stereocenters. The highest BCUT2D eigenvalue weighted by Crippen LogP contribution is 2.28. The zero-order valence-electron chi connectivity index (χ0n) is 16.8. The summed E-state index contributed by atoms with van der Waals surface area (Å²) in [5.74, 6) is -0.448. The fourth-order valence-corrected chi connectivity index (χ4v) is 3.35. The van der Waals surface area contributed by atoms with E-state index in [1.54, 1.807) is 38.1 Å². The van der Waals surface area contributed by atoms with Crippen molar-refractivity contribution in [2.24, 2.45) is 11.7 Å². The molecule has 0 saturated heterocycles. The van der Waals surface area contributed by atoms with E-state index < -0.39 is 0 Å². The highest BCUT2D eigenvalue weighted by Gasteiger charge is 2.17. The molecule has 2 aromatic carbocycles. The molecule has 0 heterocycles. The number of halogens is 1. The zero-order chi connectivity index (χ0) is 20.1. The standard InChI is InChI=1S/C22H28N4O2.ClH/c1-14(15(2)23)21(27)24-17-9-6-10-18(13-17)25-22(28)26-20-12-5-8-16-7-3-4-11-19(16)20;/h5-6,8-10,12-15H,3-4,7,11,23H2,1-2H3,(H,24,27)(H2,25,26,28);1H. The van der Waals surface area contributed by atoms with Gasteiger partial charge in [0, 0.05) is 23.1 Å². The number of fused-ring (bicyclic) bond motifs is 1. The van der Waals surface area contributed by atoms with Crippen LogP contribution >= 0.6 is 12.4 Å². The van der Waals surface area contributed by atoms with Crippen LogP contribution in [0.5, 0.6) is 0 Å². The van der Waals surface area contributed by atoms with Crippen molar-refractivity contribution in [3.05, 3.63) is 53.6 Å². The highest BCUT2D eigenvalue weighted by atomic mass is 35.5. The lowest BCUT2D eigenvalue weighted by molar-refractivity contribution is -0.119. The van der Waals surface area contributed by atoms with Crippen molar-refractivity contribution < 1.29 is 9.59 Å². The molecule has 5 N–H and O–H groups in total. The lowest BCUT2D eigenvalue weighted by Gasteiger charge is -2.20. The molecule has 7 heteroatoms. The minimum atomic E-state index is -0.302. The third-order valence-corrected chi connectivity index (χ3v) is 5.23. The Kier molecular flexibility index (Phi) is 8.05. The number of amides is 3. The number of aryl methyl sites for hydroxylation is 1.